The fourth-order valence-corrected chi connectivity index (χ4v) is 1.90. The van der Waals surface area contributed by atoms with Gasteiger partial charge in [0.05, 0.1) is 23.4 Å². The van der Waals surface area contributed by atoms with Gasteiger partial charge in [0.2, 0.25) is 0 Å². The second-order valence-corrected chi connectivity index (χ2v) is 5.06. The number of anilines is 1. The van der Waals surface area contributed by atoms with Crippen LogP contribution in [0.1, 0.15) is 36.5 Å². The van der Waals surface area contributed by atoms with Crippen LogP contribution in [0, 0.1) is 0 Å². The number of amides is 1. The summed E-state index contributed by atoms with van der Waals surface area (Å²) in [4.78, 5) is 12.1. The fourth-order valence-electron chi connectivity index (χ4n) is 1.74. The van der Waals surface area contributed by atoms with Crippen LogP contribution in [0.25, 0.3) is 0 Å². The highest BCUT2D eigenvalue weighted by Crippen LogP contribution is 2.28. The lowest BCUT2D eigenvalue weighted by molar-refractivity contribution is 0.0937. The maximum Gasteiger partial charge on any atom is 0.255 e. The topological polar surface area (TPSA) is 73.6 Å². The van der Waals surface area contributed by atoms with E-state index in [1.807, 2.05) is 0 Å². The van der Waals surface area contributed by atoms with Gasteiger partial charge in [0.25, 0.3) is 5.91 Å². The van der Waals surface area contributed by atoms with Crippen molar-refractivity contribution in [2.45, 2.75) is 26.2 Å². The van der Waals surface area contributed by atoms with Crippen molar-refractivity contribution in [3.8, 4) is 5.75 Å². The van der Waals surface area contributed by atoms with Crippen LogP contribution in [-0.4, -0.2) is 32.8 Å². The molecule has 1 aromatic rings. The van der Waals surface area contributed by atoms with Crippen LogP contribution in [0.4, 0.5) is 5.69 Å². The first-order valence-electron chi connectivity index (χ1n) is 7.09. The molecule has 0 radical (unpaired) electrons. The van der Waals surface area contributed by atoms with E-state index in [2.05, 4.69) is 12.2 Å². The number of ether oxygens (including phenoxy) is 2. The maximum atomic E-state index is 12.1. The number of benzene rings is 1. The summed E-state index contributed by atoms with van der Waals surface area (Å²) in [7, 11) is 1.49. The molecule has 1 amide bonds. The van der Waals surface area contributed by atoms with E-state index in [9.17, 15) is 4.79 Å². The van der Waals surface area contributed by atoms with Gasteiger partial charge in [0.15, 0.2) is 0 Å². The number of hydrogen-bond acceptors (Lipinski definition) is 4. The number of hydrogen-bond donors (Lipinski definition) is 2. The minimum atomic E-state index is -0.234. The summed E-state index contributed by atoms with van der Waals surface area (Å²) < 4.78 is 10.6. The molecular formula is C15H23ClN2O3. The van der Waals surface area contributed by atoms with E-state index < -0.39 is 0 Å². The molecule has 0 aliphatic heterocycles. The van der Waals surface area contributed by atoms with Gasteiger partial charge in [0.1, 0.15) is 5.75 Å². The number of carbonyl (C=O) groups excluding carboxylic acids is 1. The van der Waals surface area contributed by atoms with E-state index in [1.165, 1.54) is 13.2 Å². The number of unbranched alkanes of at least 4 members (excludes halogenated alkanes) is 1. The second-order valence-electron chi connectivity index (χ2n) is 4.65. The highest BCUT2D eigenvalue weighted by Gasteiger charge is 2.14. The number of halogens is 1. The average Bonchev–Trinajstić information content (AvgIpc) is 2.48. The smallest absolute Gasteiger partial charge is 0.255 e. The minimum Gasteiger partial charge on any atom is -0.496 e. The summed E-state index contributed by atoms with van der Waals surface area (Å²) in [5, 5.41) is 3.15. The average molecular weight is 315 g/mol. The first kappa shape index (κ1) is 17.6. The highest BCUT2D eigenvalue weighted by atomic mass is 35.5. The van der Waals surface area contributed by atoms with Gasteiger partial charge in [-0.2, -0.15) is 0 Å². The van der Waals surface area contributed by atoms with Gasteiger partial charge >= 0.3 is 0 Å². The maximum absolute atomic E-state index is 12.1. The standard InChI is InChI=1S/C15H23ClN2O3/c1-3-4-7-21-8-5-6-18-15(19)11-9-12(16)13(17)10-14(11)20-2/h9-10H,3-8,17H2,1-2H3,(H,18,19). The van der Waals surface area contributed by atoms with Crippen LogP contribution in [-0.2, 0) is 4.74 Å². The summed E-state index contributed by atoms with van der Waals surface area (Å²) in [6.45, 7) is 4.07. The molecule has 5 nitrogen and oxygen atoms in total. The van der Waals surface area contributed by atoms with E-state index in [0.717, 1.165) is 25.9 Å². The molecule has 0 unspecified atom stereocenters. The van der Waals surface area contributed by atoms with Gasteiger partial charge in [-0.3, -0.25) is 4.79 Å². The Bertz CT molecular complexity index is 466. The second kappa shape index (κ2) is 9.47. The molecule has 0 aromatic heterocycles. The number of rotatable bonds is 9. The highest BCUT2D eigenvalue weighted by molar-refractivity contribution is 6.33. The zero-order valence-electron chi connectivity index (χ0n) is 12.6. The van der Waals surface area contributed by atoms with Crippen molar-refractivity contribution in [3.05, 3.63) is 22.7 Å². The molecule has 0 bridgehead atoms. The van der Waals surface area contributed by atoms with Crippen LogP contribution in [0.5, 0.6) is 5.75 Å². The molecule has 21 heavy (non-hydrogen) atoms. The van der Waals surface area contributed by atoms with E-state index >= 15 is 0 Å². The Hall–Kier alpha value is -1.46. The van der Waals surface area contributed by atoms with Crippen LogP contribution in [0.2, 0.25) is 5.02 Å². The Labute approximate surface area is 130 Å². The Morgan fingerprint density at radius 1 is 1.33 bits per heavy atom. The fraction of sp³-hybridized carbons (Fsp3) is 0.533. The van der Waals surface area contributed by atoms with Crippen LogP contribution < -0.4 is 15.8 Å². The molecule has 0 saturated carbocycles. The SMILES string of the molecule is CCCCOCCCNC(=O)c1cc(Cl)c(N)cc1OC. The molecular weight excluding hydrogens is 292 g/mol. The van der Waals surface area contributed by atoms with E-state index in [1.54, 1.807) is 6.07 Å². The molecule has 3 N–H and O–H groups in total. The molecule has 6 heteroatoms. The first-order chi connectivity index (χ1) is 10.1. The molecule has 0 saturated heterocycles. The monoisotopic (exact) mass is 314 g/mol. The number of nitrogens with two attached hydrogens (primary N) is 1. The lowest BCUT2D eigenvalue weighted by Crippen LogP contribution is -2.25. The van der Waals surface area contributed by atoms with Crippen molar-refractivity contribution >= 4 is 23.2 Å². The minimum absolute atomic E-state index is 0.234. The summed E-state index contributed by atoms with van der Waals surface area (Å²) in [5.74, 6) is 0.177. The van der Waals surface area contributed by atoms with Crippen molar-refractivity contribution in [2.75, 3.05) is 32.6 Å². The quantitative estimate of drug-likeness (QED) is 0.543. The van der Waals surface area contributed by atoms with Crippen molar-refractivity contribution in [3.63, 3.8) is 0 Å². The third-order valence-corrected chi connectivity index (χ3v) is 3.28. The van der Waals surface area contributed by atoms with Crippen LogP contribution in [0.15, 0.2) is 12.1 Å². The zero-order valence-corrected chi connectivity index (χ0v) is 13.3. The zero-order chi connectivity index (χ0) is 15.7. The Balaban J connectivity index is 2.43. The van der Waals surface area contributed by atoms with E-state index in [4.69, 9.17) is 26.8 Å². The molecule has 1 rings (SSSR count). The van der Waals surface area contributed by atoms with E-state index in [-0.39, 0.29) is 5.91 Å². The van der Waals surface area contributed by atoms with Crippen LogP contribution in [0.3, 0.4) is 0 Å². The Morgan fingerprint density at radius 2 is 2.05 bits per heavy atom. The number of nitrogen functional groups attached to an aromatic ring is 1. The number of methoxy groups -OCH3 is 1. The number of nitrogens with one attached hydrogen (secondary N) is 1. The normalized spacial score (nSPS) is 10.4. The van der Waals surface area contributed by atoms with E-state index in [0.29, 0.717) is 35.2 Å². The van der Waals surface area contributed by atoms with Crippen molar-refractivity contribution in [1.29, 1.82) is 0 Å². The number of carbonyl (C=O) groups is 1. The van der Waals surface area contributed by atoms with Crippen molar-refractivity contribution in [1.82, 2.24) is 5.32 Å². The van der Waals surface area contributed by atoms with Gasteiger partial charge in [-0.05, 0) is 18.9 Å². The third-order valence-electron chi connectivity index (χ3n) is 2.96. The molecule has 0 atom stereocenters. The predicted molar refractivity (Wildman–Crippen MR) is 85.1 cm³/mol. The summed E-state index contributed by atoms with van der Waals surface area (Å²) in [5.41, 5.74) is 6.45. The van der Waals surface area contributed by atoms with Crippen molar-refractivity contribution in [2.24, 2.45) is 0 Å². The van der Waals surface area contributed by atoms with Gasteiger partial charge < -0.3 is 20.5 Å². The van der Waals surface area contributed by atoms with Gasteiger partial charge in [-0.25, -0.2) is 0 Å². The molecule has 1 aromatic carbocycles. The predicted octanol–water partition coefficient (Wildman–Crippen LogP) is 2.87. The lowest BCUT2D eigenvalue weighted by Gasteiger charge is -2.11. The Morgan fingerprint density at radius 3 is 2.71 bits per heavy atom. The van der Waals surface area contributed by atoms with Gasteiger partial charge in [0, 0.05) is 25.8 Å². The summed E-state index contributed by atoms with van der Waals surface area (Å²) in [6.07, 6.45) is 2.95. The van der Waals surface area contributed by atoms with Gasteiger partial charge in [-0.1, -0.05) is 24.9 Å². The molecule has 0 heterocycles. The van der Waals surface area contributed by atoms with Crippen molar-refractivity contribution < 1.29 is 14.3 Å². The Kier molecular flexibility index (Phi) is 7.93. The molecule has 0 fully saturated rings. The third kappa shape index (κ3) is 5.81. The molecule has 0 spiro atoms. The largest absolute Gasteiger partial charge is 0.496 e. The van der Waals surface area contributed by atoms with Crippen LogP contribution >= 0.6 is 11.6 Å². The first-order valence-corrected chi connectivity index (χ1v) is 7.46. The summed E-state index contributed by atoms with van der Waals surface area (Å²) in [6, 6.07) is 3.06. The summed E-state index contributed by atoms with van der Waals surface area (Å²) >= 11 is 5.94. The lowest BCUT2D eigenvalue weighted by atomic mass is 10.1. The molecule has 118 valence electrons. The molecule has 0 aliphatic carbocycles. The van der Waals surface area contributed by atoms with Gasteiger partial charge in [-0.15, -0.1) is 0 Å². The molecule has 0 aliphatic rings.